The molecule has 32 heavy (non-hydrogen) atoms. The van der Waals surface area contributed by atoms with Gasteiger partial charge in [-0.25, -0.2) is 12.7 Å². The maximum Gasteiger partial charge on any atom is 0.269 e. The van der Waals surface area contributed by atoms with E-state index in [0.717, 1.165) is 0 Å². The lowest BCUT2D eigenvalue weighted by Gasteiger charge is -2.11. The Hall–Kier alpha value is -3.80. The predicted molar refractivity (Wildman–Crippen MR) is 109 cm³/mol. The lowest BCUT2D eigenvalue weighted by Crippen LogP contribution is -2.29. The first-order valence-corrected chi connectivity index (χ1v) is 10.7. The van der Waals surface area contributed by atoms with Gasteiger partial charge in [0.1, 0.15) is 11.4 Å². The second-order valence-electron chi connectivity index (χ2n) is 6.60. The summed E-state index contributed by atoms with van der Waals surface area (Å²) in [5, 5.41) is 3.88. The summed E-state index contributed by atoms with van der Waals surface area (Å²) in [6.07, 6.45) is 0. The minimum atomic E-state index is -4.14. The summed E-state index contributed by atoms with van der Waals surface area (Å²) in [6.45, 7) is -0.430. The first-order chi connectivity index (χ1) is 15.3. The molecule has 11 nitrogen and oxygen atoms in total. The number of fused-ring (bicyclic) bond motifs is 1. The highest BCUT2D eigenvalue weighted by Gasteiger charge is 2.43. The van der Waals surface area contributed by atoms with Crippen molar-refractivity contribution in [1.29, 1.82) is 0 Å². The quantitative estimate of drug-likeness (QED) is 0.515. The number of methoxy groups -OCH3 is 4. The minimum Gasteiger partial charge on any atom is -0.493 e. The fourth-order valence-electron chi connectivity index (χ4n) is 3.29. The Labute approximate surface area is 183 Å². The van der Waals surface area contributed by atoms with Gasteiger partial charge in [-0.15, -0.1) is 0 Å². The Balaban J connectivity index is 1.64. The average molecular weight is 461 g/mol. The third kappa shape index (κ3) is 3.38. The summed E-state index contributed by atoms with van der Waals surface area (Å²) < 4.78 is 52.6. The molecule has 168 valence electrons. The molecule has 2 aromatic carbocycles. The zero-order valence-corrected chi connectivity index (χ0v) is 18.4. The van der Waals surface area contributed by atoms with Crippen LogP contribution >= 0.6 is 0 Å². The van der Waals surface area contributed by atoms with Crippen LogP contribution in [0.4, 0.5) is 0 Å². The topological polar surface area (TPSA) is 130 Å². The molecule has 2 heterocycles. The van der Waals surface area contributed by atoms with Crippen LogP contribution in [-0.4, -0.2) is 57.2 Å². The number of amides is 1. The number of ether oxygens (including phenoxy) is 4. The van der Waals surface area contributed by atoms with Crippen LogP contribution in [0.1, 0.15) is 16.2 Å². The van der Waals surface area contributed by atoms with Gasteiger partial charge in [-0.05, 0) is 24.3 Å². The van der Waals surface area contributed by atoms with Gasteiger partial charge in [-0.2, -0.15) is 4.98 Å². The van der Waals surface area contributed by atoms with Gasteiger partial charge >= 0.3 is 0 Å². The molecule has 0 bridgehead atoms. The molecule has 0 unspecified atom stereocenters. The number of hydrogen-bond acceptors (Lipinski definition) is 10. The predicted octanol–water partition coefficient (Wildman–Crippen LogP) is 2.12. The number of carbonyl (C=O) groups excluding carboxylic acids is 1. The van der Waals surface area contributed by atoms with Gasteiger partial charge in [-0.3, -0.25) is 4.79 Å². The molecule has 0 fully saturated rings. The highest BCUT2D eigenvalue weighted by atomic mass is 32.2. The van der Waals surface area contributed by atoms with Crippen molar-refractivity contribution >= 4 is 15.9 Å². The number of carbonyl (C=O) groups is 1. The zero-order valence-electron chi connectivity index (χ0n) is 17.6. The van der Waals surface area contributed by atoms with Crippen LogP contribution in [0.2, 0.25) is 0 Å². The molecule has 0 atom stereocenters. The Kier molecular flexibility index (Phi) is 5.38. The summed E-state index contributed by atoms with van der Waals surface area (Å²) in [4.78, 5) is 16.9. The summed E-state index contributed by atoms with van der Waals surface area (Å²) in [7, 11) is 1.63. The summed E-state index contributed by atoms with van der Waals surface area (Å²) in [5.41, 5.74) is 0.535. The summed E-state index contributed by atoms with van der Waals surface area (Å²) >= 11 is 0. The number of nitrogens with zero attached hydrogens (tertiary/aromatic N) is 3. The van der Waals surface area contributed by atoms with Gasteiger partial charge < -0.3 is 23.5 Å². The normalized spacial score (nSPS) is 14.2. The van der Waals surface area contributed by atoms with Crippen molar-refractivity contribution in [3.8, 4) is 34.4 Å². The molecule has 0 aliphatic carbocycles. The van der Waals surface area contributed by atoms with Crippen molar-refractivity contribution in [2.45, 2.75) is 11.4 Å². The largest absolute Gasteiger partial charge is 0.493 e. The lowest BCUT2D eigenvalue weighted by molar-refractivity contribution is 0.0854. The third-order valence-corrected chi connectivity index (χ3v) is 6.67. The van der Waals surface area contributed by atoms with Crippen molar-refractivity contribution in [1.82, 2.24) is 14.4 Å². The number of hydrogen-bond donors (Lipinski definition) is 0. The molecule has 1 aliphatic rings. The maximum atomic E-state index is 13.0. The van der Waals surface area contributed by atoms with Crippen molar-refractivity contribution < 1.29 is 36.7 Å². The zero-order chi connectivity index (χ0) is 23.0. The van der Waals surface area contributed by atoms with Crippen LogP contribution in [0.15, 0.2) is 39.8 Å². The lowest BCUT2D eigenvalue weighted by atomic mass is 10.2. The average Bonchev–Trinajstić information content (AvgIpc) is 3.35. The van der Waals surface area contributed by atoms with Gasteiger partial charge in [0.15, 0.2) is 23.0 Å². The first kappa shape index (κ1) is 21.4. The van der Waals surface area contributed by atoms with E-state index in [4.69, 9.17) is 23.5 Å². The number of aromatic nitrogens is 2. The molecule has 1 amide bonds. The van der Waals surface area contributed by atoms with E-state index >= 15 is 0 Å². The number of rotatable bonds is 7. The Morgan fingerprint density at radius 3 is 2.19 bits per heavy atom. The minimum absolute atomic E-state index is 0.0257. The third-order valence-electron chi connectivity index (χ3n) is 4.90. The fourth-order valence-corrected chi connectivity index (χ4v) is 4.81. The van der Waals surface area contributed by atoms with Crippen LogP contribution in [0.5, 0.6) is 23.0 Å². The molecule has 0 N–H and O–H groups in total. The van der Waals surface area contributed by atoms with E-state index in [2.05, 4.69) is 10.1 Å². The molecular formula is C20H19N3O8S. The van der Waals surface area contributed by atoms with Crippen molar-refractivity contribution in [2.75, 3.05) is 28.4 Å². The standard InChI is InChI=1S/C20H19N3O8S/c1-27-13-6-5-11(7-14(13)28-2)19-21-18(31-22-19)10-23-20(24)12-8-15(29-3)16(30-4)9-17(12)32(23,25)26/h5-9H,10H2,1-4H3. The number of sulfonamides is 1. The highest BCUT2D eigenvalue weighted by Crippen LogP contribution is 2.39. The second kappa shape index (κ2) is 8.04. The van der Waals surface area contributed by atoms with Crippen molar-refractivity contribution in [3.05, 3.63) is 41.8 Å². The SMILES string of the molecule is COc1ccc(-c2noc(CN3C(=O)c4cc(OC)c(OC)cc4S3(=O)=O)n2)cc1OC. The van der Waals surface area contributed by atoms with Crippen LogP contribution in [0, 0.1) is 0 Å². The van der Waals surface area contributed by atoms with Crippen LogP contribution in [0.25, 0.3) is 11.4 Å². The van der Waals surface area contributed by atoms with E-state index in [1.54, 1.807) is 18.2 Å². The summed E-state index contributed by atoms with van der Waals surface area (Å²) in [6, 6.07) is 7.61. The van der Waals surface area contributed by atoms with Crippen molar-refractivity contribution in [3.63, 3.8) is 0 Å². The monoisotopic (exact) mass is 461 g/mol. The molecule has 0 spiro atoms. The Morgan fingerprint density at radius 1 is 0.906 bits per heavy atom. The maximum absolute atomic E-state index is 13.0. The molecule has 3 aromatic rings. The van der Waals surface area contributed by atoms with Crippen LogP contribution in [0.3, 0.4) is 0 Å². The van der Waals surface area contributed by atoms with Crippen LogP contribution < -0.4 is 18.9 Å². The second-order valence-corrected chi connectivity index (χ2v) is 8.43. The van der Waals surface area contributed by atoms with E-state index in [0.29, 0.717) is 21.4 Å². The smallest absolute Gasteiger partial charge is 0.269 e. The van der Waals surface area contributed by atoms with Gasteiger partial charge in [0, 0.05) is 11.6 Å². The van der Waals surface area contributed by atoms with E-state index < -0.39 is 22.5 Å². The Morgan fingerprint density at radius 2 is 1.53 bits per heavy atom. The molecule has 0 saturated carbocycles. The summed E-state index contributed by atoms with van der Waals surface area (Å²) in [5.74, 6) is 0.837. The molecule has 1 aromatic heterocycles. The van der Waals surface area contributed by atoms with E-state index in [1.807, 2.05) is 0 Å². The van der Waals surface area contributed by atoms with Crippen molar-refractivity contribution in [2.24, 2.45) is 0 Å². The first-order valence-electron chi connectivity index (χ1n) is 9.22. The van der Waals surface area contributed by atoms with Gasteiger partial charge in [0.05, 0.1) is 34.0 Å². The van der Waals surface area contributed by atoms with E-state index in [1.165, 1.54) is 40.6 Å². The Bertz CT molecular complexity index is 1300. The van der Waals surface area contributed by atoms with Gasteiger partial charge in [-0.1, -0.05) is 5.16 Å². The molecule has 4 rings (SSSR count). The fraction of sp³-hybridized carbons (Fsp3) is 0.250. The van der Waals surface area contributed by atoms with Gasteiger partial charge in [0.2, 0.25) is 11.7 Å². The molecule has 0 radical (unpaired) electrons. The number of benzene rings is 2. The van der Waals surface area contributed by atoms with Crippen LogP contribution in [-0.2, 0) is 16.6 Å². The molecular weight excluding hydrogens is 442 g/mol. The van der Waals surface area contributed by atoms with E-state index in [9.17, 15) is 13.2 Å². The molecule has 12 heteroatoms. The molecule has 1 aliphatic heterocycles. The van der Waals surface area contributed by atoms with Gasteiger partial charge in [0.25, 0.3) is 15.9 Å². The highest BCUT2D eigenvalue weighted by molar-refractivity contribution is 7.90. The van der Waals surface area contributed by atoms with E-state index in [-0.39, 0.29) is 33.7 Å². The molecule has 0 saturated heterocycles.